The summed E-state index contributed by atoms with van der Waals surface area (Å²) in [4.78, 5) is 12.2. The van der Waals surface area contributed by atoms with Gasteiger partial charge in [-0.2, -0.15) is 0 Å². The zero-order valence-electron chi connectivity index (χ0n) is 14.2. The molecule has 1 atom stereocenters. The fraction of sp³-hybridized carbons (Fsp3) is 0.588. The minimum atomic E-state index is -3.44. The van der Waals surface area contributed by atoms with E-state index >= 15 is 0 Å². The number of nitrogens with one attached hydrogen (secondary N) is 1. The molecule has 5 nitrogen and oxygen atoms in total. The fourth-order valence-electron chi connectivity index (χ4n) is 2.74. The quantitative estimate of drug-likeness (QED) is 0.834. The highest BCUT2D eigenvalue weighted by molar-refractivity contribution is 7.88. The Morgan fingerprint density at radius 2 is 2.00 bits per heavy atom. The van der Waals surface area contributed by atoms with Crippen LogP contribution in [0.15, 0.2) is 24.3 Å². The van der Waals surface area contributed by atoms with E-state index in [9.17, 15) is 13.2 Å². The molecule has 0 aliphatic carbocycles. The van der Waals surface area contributed by atoms with Gasteiger partial charge in [0.15, 0.2) is 0 Å². The van der Waals surface area contributed by atoms with Crippen molar-refractivity contribution in [2.45, 2.75) is 32.4 Å². The molecular weight excluding hydrogens is 348 g/mol. The molecule has 1 fully saturated rings. The topological polar surface area (TPSA) is 66.5 Å². The number of nitrogens with zero attached hydrogens (tertiary/aromatic N) is 1. The zero-order chi connectivity index (χ0) is 17.7. The Balaban J connectivity index is 1.99. The minimum absolute atomic E-state index is 0.0462. The summed E-state index contributed by atoms with van der Waals surface area (Å²) in [6.45, 7) is 5.42. The highest BCUT2D eigenvalue weighted by atomic mass is 35.5. The Morgan fingerprint density at radius 1 is 1.33 bits per heavy atom. The van der Waals surface area contributed by atoms with Crippen LogP contribution in [0.25, 0.3) is 0 Å². The lowest BCUT2D eigenvalue weighted by atomic mass is 9.98. The van der Waals surface area contributed by atoms with Crippen molar-refractivity contribution in [1.29, 1.82) is 0 Å². The molecule has 1 amide bonds. The molecule has 1 unspecified atom stereocenters. The van der Waals surface area contributed by atoms with Crippen LogP contribution in [0, 0.1) is 11.8 Å². The lowest BCUT2D eigenvalue weighted by molar-refractivity contribution is -0.126. The smallest absolute Gasteiger partial charge is 0.224 e. The summed E-state index contributed by atoms with van der Waals surface area (Å²) in [5.41, 5.74) is 0.700. The first kappa shape index (κ1) is 19.2. The average Bonchev–Trinajstić information content (AvgIpc) is 2.54. The molecule has 0 bridgehead atoms. The van der Waals surface area contributed by atoms with Gasteiger partial charge in [0.2, 0.25) is 15.9 Å². The van der Waals surface area contributed by atoms with E-state index in [2.05, 4.69) is 5.32 Å². The fourth-order valence-corrected chi connectivity index (χ4v) is 4.48. The van der Waals surface area contributed by atoms with E-state index < -0.39 is 10.0 Å². The van der Waals surface area contributed by atoms with Crippen molar-refractivity contribution in [3.8, 4) is 0 Å². The standard InChI is InChI=1S/C17H25ClN2O3S/c1-13(2)10-19-17(21)15-4-3-9-20(11-15)24(22,23)12-14-5-7-16(18)8-6-14/h5-8,13,15H,3-4,9-12H2,1-2H3,(H,19,21). The second-order valence-electron chi connectivity index (χ2n) is 6.72. The van der Waals surface area contributed by atoms with Gasteiger partial charge in [-0.3, -0.25) is 4.79 Å². The van der Waals surface area contributed by atoms with E-state index in [0.717, 1.165) is 6.42 Å². The van der Waals surface area contributed by atoms with Crippen molar-refractivity contribution >= 4 is 27.5 Å². The number of sulfonamides is 1. The molecule has 1 aliphatic rings. The van der Waals surface area contributed by atoms with Crippen molar-refractivity contribution < 1.29 is 13.2 Å². The van der Waals surface area contributed by atoms with Crippen molar-refractivity contribution in [3.63, 3.8) is 0 Å². The second kappa shape index (κ2) is 8.32. The van der Waals surface area contributed by atoms with Gasteiger partial charge in [0.05, 0.1) is 11.7 Å². The normalized spacial score (nSPS) is 19.4. The number of hydrogen-bond acceptors (Lipinski definition) is 3. The third-order valence-corrected chi connectivity index (χ3v) is 6.16. The Kier molecular flexibility index (Phi) is 6.66. The molecule has 1 aromatic carbocycles. The summed E-state index contributed by atoms with van der Waals surface area (Å²) < 4.78 is 26.7. The SMILES string of the molecule is CC(C)CNC(=O)C1CCCN(S(=O)(=O)Cc2ccc(Cl)cc2)C1. The third-order valence-electron chi connectivity index (χ3n) is 4.10. The van der Waals surface area contributed by atoms with Crippen LogP contribution < -0.4 is 5.32 Å². The first-order chi connectivity index (χ1) is 11.3. The first-order valence-corrected chi connectivity index (χ1v) is 10.3. The van der Waals surface area contributed by atoms with Gasteiger partial charge < -0.3 is 5.32 Å². The molecule has 7 heteroatoms. The average molecular weight is 373 g/mol. The van der Waals surface area contributed by atoms with Crippen LogP contribution in [0.4, 0.5) is 0 Å². The Labute approximate surface area is 149 Å². The number of carbonyl (C=O) groups is 1. The van der Waals surface area contributed by atoms with Gasteiger partial charge >= 0.3 is 0 Å². The summed E-state index contributed by atoms with van der Waals surface area (Å²) >= 11 is 5.83. The van der Waals surface area contributed by atoms with E-state index in [-0.39, 0.29) is 24.1 Å². The molecule has 1 heterocycles. The van der Waals surface area contributed by atoms with Gasteiger partial charge in [-0.05, 0) is 36.5 Å². The van der Waals surface area contributed by atoms with Gasteiger partial charge in [-0.15, -0.1) is 0 Å². The molecule has 1 N–H and O–H groups in total. The van der Waals surface area contributed by atoms with Gasteiger partial charge in [0, 0.05) is 24.7 Å². The van der Waals surface area contributed by atoms with Crippen molar-refractivity contribution in [2.24, 2.45) is 11.8 Å². The number of amides is 1. The summed E-state index contributed by atoms with van der Waals surface area (Å²) in [7, 11) is -3.44. The molecule has 24 heavy (non-hydrogen) atoms. The van der Waals surface area contributed by atoms with Crippen LogP contribution in [-0.2, 0) is 20.6 Å². The van der Waals surface area contributed by atoms with Gasteiger partial charge in [0.25, 0.3) is 0 Å². The van der Waals surface area contributed by atoms with Crippen molar-refractivity contribution in [3.05, 3.63) is 34.9 Å². The van der Waals surface area contributed by atoms with Crippen LogP contribution >= 0.6 is 11.6 Å². The molecule has 1 aromatic rings. The molecule has 0 saturated carbocycles. The Morgan fingerprint density at radius 3 is 2.62 bits per heavy atom. The second-order valence-corrected chi connectivity index (χ2v) is 9.12. The van der Waals surface area contributed by atoms with Crippen molar-refractivity contribution in [2.75, 3.05) is 19.6 Å². The van der Waals surface area contributed by atoms with E-state index in [1.165, 1.54) is 4.31 Å². The van der Waals surface area contributed by atoms with Gasteiger partial charge in [0.1, 0.15) is 0 Å². The Hall–Kier alpha value is -1.11. The molecule has 2 rings (SSSR count). The summed E-state index contributed by atoms with van der Waals surface area (Å²) in [5.74, 6) is -0.000287. The molecule has 134 valence electrons. The summed E-state index contributed by atoms with van der Waals surface area (Å²) in [6.07, 6.45) is 1.44. The lowest BCUT2D eigenvalue weighted by Crippen LogP contribution is -2.46. The van der Waals surface area contributed by atoms with E-state index in [4.69, 9.17) is 11.6 Å². The number of rotatable bonds is 6. The summed E-state index contributed by atoms with van der Waals surface area (Å²) in [6, 6.07) is 6.81. The maximum Gasteiger partial charge on any atom is 0.224 e. The number of hydrogen-bond donors (Lipinski definition) is 1. The summed E-state index contributed by atoms with van der Waals surface area (Å²) in [5, 5.41) is 3.48. The highest BCUT2D eigenvalue weighted by Crippen LogP contribution is 2.22. The van der Waals surface area contributed by atoms with Crippen molar-refractivity contribution in [1.82, 2.24) is 9.62 Å². The minimum Gasteiger partial charge on any atom is -0.356 e. The van der Waals surface area contributed by atoms with E-state index in [0.29, 0.717) is 36.0 Å². The Bertz CT molecular complexity index is 659. The van der Waals surface area contributed by atoms with E-state index in [1.54, 1.807) is 24.3 Å². The molecule has 1 aliphatic heterocycles. The lowest BCUT2D eigenvalue weighted by Gasteiger charge is -2.31. The van der Waals surface area contributed by atoms with Gasteiger partial charge in [-0.1, -0.05) is 37.6 Å². The van der Waals surface area contributed by atoms with Crippen LogP contribution in [0.3, 0.4) is 0 Å². The maximum atomic E-state index is 12.6. The molecule has 1 saturated heterocycles. The maximum absolute atomic E-state index is 12.6. The molecule has 0 radical (unpaired) electrons. The number of halogens is 1. The first-order valence-electron chi connectivity index (χ1n) is 8.28. The highest BCUT2D eigenvalue weighted by Gasteiger charge is 2.32. The van der Waals surface area contributed by atoms with E-state index in [1.807, 2.05) is 13.8 Å². The van der Waals surface area contributed by atoms with Crippen LogP contribution in [0.1, 0.15) is 32.3 Å². The third kappa shape index (κ3) is 5.46. The number of benzene rings is 1. The predicted octanol–water partition coefficient (Wildman–Crippen LogP) is 2.65. The monoisotopic (exact) mass is 372 g/mol. The molecule has 0 aromatic heterocycles. The van der Waals surface area contributed by atoms with Crippen LogP contribution in [0.2, 0.25) is 5.02 Å². The van der Waals surface area contributed by atoms with Crippen LogP contribution in [-0.4, -0.2) is 38.3 Å². The number of piperidine rings is 1. The zero-order valence-corrected chi connectivity index (χ0v) is 15.7. The predicted molar refractivity (Wildman–Crippen MR) is 96.2 cm³/mol. The van der Waals surface area contributed by atoms with Crippen LogP contribution in [0.5, 0.6) is 0 Å². The largest absolute Gasteiger partial charge is 0.356 e. The molecule has 0 spiro atoms. The number of carbonyl (C=O) groups excluding carboxylic acids is 1. The molecular formula is C17H25ClN2O3S. The van der Waals surface area contributed by atoms with Gasteiger partial charge in [-0.25, -0.2) is 12.7 Å².